The number of aromatic amines is 1. The van der Waals surface area contributed by atoms with Gasteiger partial charge in [0.2, 0.25) is 5.88 Å². The van der Waals surface area contributed by atoms with Gasteiger partial charge in [0.15, 0.2) is 6.10 Å². The topological polar surface area (TPSA) is 127 Å². The van der Waals surface area contributed by atoms with Gasteiger partial charge in [-0.3, -0.25) is 14.5 Å². The van der Waals surface area contributed by atoms with Gasteiger partial charge in [0.25, 0.3) is 5.91 Å². The van der Waals surface area contributed by atoms with Crippen LogP contribution >= 0.6 is 0 Å². The number of nitrogens with one attached hydrogen (secondary N) is 2. The van der Waals surface area contributed by atoms with Crippen molar-refractivity contribution in [1.29, 1.82) is 0 Å². The number of alkyl halides is 3. The van der Waals surface area contributed by atoms with Crippen LogP contribution in [-0.2, 0) is 13.0 Å². The number of rotatable bonds is 5. The van der Waals surface area contributed by atoms with Gasteiger partial charge >= 0.3 is 11.9 Å². The summed E-state index contributed by atoms with van der Waals surface area (Å²) in [5.41, 5.74) is -1.98. The van der Waals surface area contributed by atoms with E-state index in [4.69, 9.17) is 4.74 Å². The van der Waals surface area contributed by atoms with Gasteiger partial charge in [0, 0.05) is 24.7 Å². The minimum Gasteiger partial charge on any atom is -0.492 e. The summed E-state index contributed by atoms with van der Waals surface area (Å²) < 4.78 is 76.6. The van der Waals surface area contributed by atoms with E-state index in [9.17, 15) is 32.3 Å². The summed E-state index contributed by atoms with van der Waals surface area (Å²) in [5.74, 6) is -4.09. The van der Waals surface area contributed by atoms with E-state index in [2.05, 4.69) is 20.6 Å². The van der Waals surface area contributed by atoms with E-state index in [1.165, 1.54) is 10.6 Å². The van der Waals surface area contributed by atoms with Crippen LogP contribution in [0.15, 0.2) is 29.1 Å². The first-order valence-electron chi connectivity index (χ1n) is 11.4. The van der Waals surface area contributed by atoms with Crippen LogP contribution in [0.3, 0.4) is 0 Å². The molecule has 0 saturated carbocycles. The standard InChI is InChI=1S/C23H19F5N6O4/c1-10(23(26,27)28)38-17-9-16(34-22(37)33-5-3-2-4-18(33)32-34)13(24)8-12(17)20(35)29-11-6-14(25)19-15(7-11)30-31-21(19)36/h6-10H,2-5H2,1H3,(H,29,35)(H2,30,31,36). The summed E-state index contributed by atoms with van der Waals surface area (Å²) in [6, 6.07) is 3.46. The lowest BCUT2D eigenvalue weighted by atomic mass is 10.1. The Bertz CT molecular complexity index is 1620. The third-order valence-corrected chi connectivity index (χ3v) is 6.11. The molecular weight excluding hydrogens is 519 g/mol. The Hall–Kier alpha value is -4.43. The van der Waals surface area contributed by atoms with Gasteiger partial charge in [-0.2, -0.15) is 17.9 Å². The highest BCUT2D eigenvalue weighted by Crippen LogP contribution is 2.32. The Balaban J connectivity index is 1.57. The fourth-order valence-electron chi connectivity index (χ4n) is 4.16. The predicted molar refractivity (Wildman–Crippen MR) is 123 cm³/mol. The van der Waals surface area contributed by atoms with Crippen molar-refractivity contribution < 1.29 is 36.6 Å². The van der Waals surface area contributed by atoms with E-state index in [-0.39, 0.29) is 16.6 Å². The fraction of sp³-hybridized carbons (Fsp3) is 0.304. The molecule has 0 fully saturated rings. The molecule has 0 saturated heterocycles. The second kappa shape index (κ2) is 9.15. The molecule has 0 aliphatic carbocycles. The number of H-pyrrole nitrogens is 1. The quantitative estimate of drug-likeness (QED) is 0.332. The summed E-state index contributed by atoms with van der Waals surface area (Å²) >= 11 is 0. The van der Waals surface area contributed by atoms with Crippen molar-refractivity contribution in [2.45, 2.75) is 45.0 Å². The molecule has 4 aromatic rings. The first-order chi connectivity index (χ1) is 17.9. The molecule has 5 rings (SSSR count). The number of aromatic hydroxyl groups is 1. The molecule has 0 bridgehead atoms. The van der Waals surface area contributed by atoms with E-state index in [1.54, 1.807) is 0 Å². The largest absolute Gasteiger partial charge is 0.492 e. The van der Waals surface area contributed by atoms with Crippen LogP contribution in [0.25, 0.3) is 16.6 Å². The lowest BCUT2D eigenvalue weighted by Crippen LogP contribution is -2.32. The number of hydrogen-bond acceptors (Lipinski definition) is 6. The number of carbonyl (C=O) groups is 1. The molecule has 1 aliphatic rings. The molecule has 0 spiro atoms. The first kappa shape index (κ1) is 25.2. The zero-order chi connectivity index (χ0) is 27.4. The SMILES string of the molecule is CC(Oc1cc(-n2nc3n(c2=O)CCCC3)c(F)cc1C(=O)Nc1cc(F)c2c(O)n[nH]c2c1)C(F)(F)F. The van der Waals surface area contributed by atoms with Crippen LogP contribution in [0.5, 0.6) is 11.6 Å². The molecule has 10 nitrogen and oxygen atoms in total. The molecule has 200 valence electrons. The van der Waals surface area contributed by atoms with Crippen LogP contribution in [0.2, 0.25) is 0 Å². The van der Waals surface area contributed by atoms with E-state index in [0.717, 1.165) is 23.2 Å². The predicted octanol–water partition coefficient (Wildman–Crippen LogP) is 3.81. The maximum Gasteiger partial charge on any atom is 0.425 e. The summed E-state index contributed by atoms with van der Waals surface area (Å²) in [5, 5.41) is 21.5. The molecule has 15 heteroatoms. The Labute approximate surface area is 209 Å². The monoisotopic (exact) mass is 538 g/mol. The summed E-state index contributed by atoms with van der Waals surface area (Å²) in [6.07, 6.45) is -5.29. The number of fused-ring (bicyclic) bond motifs is 2. The molecular formula is C23H19F5N6O4. The van der Waals surface area contributed by atoms with Gasteiger partial charge in [-0.1, -0.05) is 0 Å². The third kappa shape index (κ3) is 4.43. The van der Waals surface area contributed by atoms with Gasteiger partial charge in [0.1, 0.15) is 28.9 Å². The van der Waals surface area contributed by atoms with Crippen molar-refractivity contribution in [3.8, 4) is 17.3 Å². The molecule has 3 N–H and O–H groups in total. The van der Waals surface area contributed by atoms with E-state index in [1.807, 2.05) is 0 Å². The molecule has 1 unspecified atom stereocenters. The second-order valence-electron chi connectivity index (χ2n) is 8.70. The summed E-state index contributed by atoms with van der Waals surface area (Å²) in [4.78, 5) is 25.8. The maximum absolute atomic E-state index is 15.2. The number of aromatic nitrogens is 5. The number of anilines is 1. The van der Waals surface area contributed by atoms with Crippen LogP contribution < -0.4 is 15.7 Å². The molecule has 3 heterocycles. The second-order valence-corrected chi connectivity index (χ2v) is 8.70. The highest BCUT2D eigenvalue weighted by molar-refractivity contribution is 6.07. The molecule has 1 atom stereocenters. The summed E-state index contributed by atoms with van der Waals surface area (Å²) in [7, 11) is 0. The minimum absolute atomic E-state index is 0.0182. The minimum atomic E-state index is -4.83. The lowest BCUT2D eigenvalue weighted by molar-refractivity contribution is -0.189. The Kier molecular flexibility index (Phi) is 6.07. The number of benzene rings is 2. The molecule has 38 heavy (non-hydrogen) atoms. The Morgan fingerprint density at radius 3 is 2.66 bits per heavy atom. The van der Waals surface area contributed by atoms with Crippen molar-refractivity contribution in [2.75, 3.05) is 5.32 Å². The van der Waals surface area contributed by atoms with E-state index in [0.29, 0.717) is 38.2 Å². The molecule has 2 aromatic heterocycles. The zero-order valence-corrected chi connectivity index (χ0v) is 19.6. The van der Waals surface area contributed by atoms with Crippen LogP contribution in [-0.4, -0.2) is 47.8 Å². The smallest absolute Gasteiger partial charge is 0.425 e. The molecule has 1 aliphatic heterocycles. The van der Waals surface area contributed by atoms with Crippen LogP contribution in [0.4, 0.5) is 27.6 Å². The van der Waals surface area contributed by atoms with Gasteiger partial charge < -0.3 is 15.2 Å². The van der Waals surface area contributed by atoms with Gasteiger partial charge in [-0.05, 0) is 38.0 Å². The lowest BCUT2D eigenvalue weighted by Gasteiger charge is -2.20. The molecule has 2 aromatic carbocycles. The van der Waals surface area contributed by atoms with E-state index >= 15 is 4.39 Å². The van der Waals surface area contributed by atoms with Gasteiger partial charge in [-0.25, -0.2) is 13.6 Å². The summed E-state index contributed by atoms with van der Waals surface area (Å²) in [6.45, 7) is 1.06. The van der Waals surface area contributed by atoms with Crippen molar-refractivity contribution >= 4 is 22.5 Å². The number of hydrogen-bond donors (Lipinski definition) is 3. The van der Waals surface area contributed by atoms with Crippen LogP contribution in [0, 0.1) is 11.6 Å². The number of aryl methyl sites for hydroxylation is 1. The average molecular weight is 538 g/mol. The zero-order valence-electron chi connectivity index (χ0n) is 19.6. The number of amides is 1. The number of halogens is 5. The molecule has 1 amide bonds. The third-order valence-electron chi connectivity index (χ3n) is 6.11. The van der Waals surface area contributed by atoms with Crippen molar-refractivity contribution in [3.05, 3.63) is 57.8 Å². The van der Waals surface area contributed by atoms with Gasteiger partial charge in [0.05, 0.1) is 16.5 Å². The first-order valence-corrected chi connectivity index (χ1v) is 11.4. The van der Waals surface area contributed by atoms with Crippen molar-refractivity contribution in [1.82, 2.24) is 24.5 Å². The van der Waals surface area contributed by atoms with Crippen molar-refractivity contribution in [2.24, 2.45) is 0 Å². The normalized spacial score (nSPS) is 14.4. The maximum atomic E-state index is 15.2. The van der Waals surface area contributed by atoms with Crippen molar-refractivity contribution in [3.63, 3.8) is 0 Å². The highest BCUT2D eigenvalue weighted by Gasteiger charge is 2.39. The average Bonchev–Trinajstić information content (AvgIpc) is 3.39. The Morgan fingerprint density at radius 2 is 1.95 bits per heavy atom. The van der Waals surface area contributed by atoms with E-state index < -0.39 is 58.4 Å². The molecule has 0 radical (unpaired) electrons. The van der Waals surface area contributed by atoms with Crippen LogP contribution in [0.1, 0.15) is 35.9 Å². The highest BCUT2D eigenvalue weighted by atomic mass is 19.4. The van der Waals surface area contributed by atoms with Gasteiger partial charge in [-0.15, -0.1) is 10.2 Å². The number of ether oxygens (including phenoxy) is 1. The number of nitrogens with zero attached hydrogens (tertiary/aromatic N) is 4. The fourth-order valence-corrected chi connectivity index (χ4v) is 4.16. The number of carbonyl (C=O) groups excluding carboxylic acids is 1. The Morgan fingerprint density at radius 1 is 1.18 bits per heavy atom.